The number of anilines is 3. The van der Waals surface area contributed by atoms with E-state index in [1.54, 1.807) is 0 Å². The van der Waals surface area contributed by atoms with Gasteiger partial charge in [0.2, 0.25) is 0 Å². The summed E-state index contributed by atoms with van der Waals surface area (Å²) in [5.74, 6) is 0. The highest BCUT2D eigenvalue weighted by atomic mass is 15.1. The van der Waals surface area contributed by atoms with Crippen LogP contribution in [0.5, 0.6) is 0 Å². The first-order valence-electron chi connectivity index (χ1n) is 16.9. The molecule has 8 rings (SSSR count). The van der Waals surface area contributed by atoms with Gasteiger partial charge in [-0.1, -0.05) is 133 Å². The minimum atomic E-state index is 0.926. The number of hydrogen-bond acceptors (Lipinski definition) is 3. The van der Waals surface area contributed by atoms with Gasteiger partial charge in [0.05, 0.1) is 17.1 Å². The maximum Gasteiger partial charge on any atom is 0.0709 e. The van der Waals surface area contributed by atoms with Crippen LogP contribution in [0.25, 0.3) is 55.9 Å². The first kappa shape index (κ1) is 30.7. The summed E-state index contributed by atoms with van der Waals surface area (Å²) in [6.07, 6.45) is 3.88. The van der Waals surface area contributed by atoms with Gasteiger partial charge in [-0.25, -0.2) is 0 Å². The molecule has 0 aliphatic carbocycles. The summed E-state index contributed by atoms with van der Waals surface area (Å²) in [5.41, 5.74) is 15.3. The average Bonchev–Trinajstić information content (AvgIpc) is 3.20. The zero-order valence-electron chi connectivity index (χ0n) is 27.8. The van der Waals surface area contributed by atoms with E-state index in [2.05, 4.69) is 188 Å². The minimum Gasteiger partial charge on any atom is -0.310 e. The fourth-order valence-corrected chi connectivity index (χ4v) is 6.58. The van der Waals surface area contributed by atoms with E-state index in [4.69, 9.17) is 9.97 Å². The molecule has 0 N–H and O–H groups in total. The number of hydrogen-bond donors (Lipinski definition) is 0. The van der Waals surface area contributed by atoms with Gasteiger partial charge in [-0.15, -0.1) is 0 Å². The second-order valence-electron chi connectivity index (χ2n) is 12.4. The number of para-hydroxylation sites is 1. The van der Waals surface area contributed by atoms with Gasteiger partial charge >= 0.3 is 0 Å². The van der Waals surface area contributed by atoms with Crippen LogP contribution in [0.15, 0.2) is 194 Å². The molecule has 0 unspecified atom stereocenters. The van der Waals surface area contributed by atoms with Crippen molar-refractivity contribution in [3.8, 4) is 55.9 Å². The molecule has 0 atom stereocenters. The topological polar surface area (TPSA) is 29.0 Å². The van der Waals surface area contributed by atoms with Gasteiger partial charge in [0, 0.05) is 40.5 Å². The number of rotatable bonds is 8. The van der Waals surface area contributed by atoms with Gasteiger partial charge in [0.25, 0.3) is 0 Å². The monoisotopic (exact) mass is 641 g/mol. The molecule has 3 heteroatoms. The molecule has 0 aliphatic rings. The molecule has 6 aromatic carbocycles. The summed E-state index contributed by atoms with van der Waals surface area (Å²) in [6.45, 7) is 2.12. The highest BCUT2D eigenvalue weighted by molar-refractivity contribution is 5.90. The van der Waals surface area contributed by atoms with Crippen molar-refractivity contribution in [3.05, 3.63) is 200 Å². The maximum absolute atomic E-state index is 4.91. The molecule has 8 aromatic rings. The second kappa shape index (κ2) is 13.9. The second-order valence-corrected chi connectivity index (χ2v) is 12.4. The number of aromatic nitrogens is 2. The summed E-state index contributed by atoms with van der Waals surface area (Å²) in [6, 6.07) is 64.0. The molecule has 0 spiro atoms. The largest absolute Gasteiger partial charge is 0.310 e. The van der Waals surface area contributed by atoms with Crippen LogP contribution in [0, 0.1) is 6.92 Å². The van der Waals surface area contributed by atoms with E-state index >= 15 is 0 Å². The van der Waals surface area contributed by atoms with Crippen molar-refractivity contribution >= 4 is 17.1 Å². The van der Waals surface area contributed by atoms with Crippen LogP contribution in [0.1, 0.15) is 5.56 Å². The third kappa shape index (κ3) is 6.33. The summed E-state index contributed by atoms with van der Waals surface area (Å²) in [7, 11) is 0. The number of aryl methyl sites for hydroxylation is 1. The molecule has 0 fully saturated rings. The van der Waals surface area contributed by atoms with Crippen molar-refractivity contribution in [2.24, 2.45) is 0 Å². The Bertz CT molecular complexity index is 2390. The van der Waals surface area contributed by atoms with E-state index in [9.17, 15) is 0 Å². The third-order valence-electron chi connectivity index (χ3n) is 9.09. The van der Waals surface area contributed by atoms with Gasteiger partial charge in [-0.2, -0.15) is 0 Å². The van der Waals surface area contributed by atoms with Crippen LogP contribution in [0.2, 0.25) is 0 Å². The van der Waals surface area contributed by atoms with E-state index in [1.165, 1.54) is 16.7 Å². The zero-order chi connectivity index (χ0) is 33.7. The zero-order valence-corrected chi connectivity index (χ0v) is 27.8. The van der Waals surface area contributed by atoms with Crippen LogP contribution in [0.4, 0.5) is 17.1 Å². The molecule has 0 radical (unpaired) electrons. The van der Waals surface area contributed by atoms with Crippen molar-refractivity contribution in [2.45, 2.75) is 6.92 Å². The molecule has 3 nitrogen and oxygen atoms in total. The first-order valence-corrected chi connectivity index (χ1v) is 16.9. The van der Waals surface area contributed by atoms with E-state index in [0.29, 0.717) is 0 Å². The Labute approximate surface area is 293 Å². The lowest BCUT2D eigenvalue weighted by Gasteiger charge is -2.28. The van der Waals surface area contributed by atoms with Crippen LogP contribution in [0.3, 0.4) is 0 Å². The lowest BCUT2D eigenvalue weighted by Crippen LogP contribution is -2.11. The smallest absolute Gasteiger partial charge is 0.0709 e. The molecule has 2 aromatic heterocycles. The van der Waals surface area contributed by atoms with Gasteiger partial charge in [-0.05, 0) is 88.8 Å². The van der Waals surface area contributed by atoms with E-state index < -0.39 is 0 Å². The van der Waals surface area contributed by atoms with Crippen LogP contribution in [-0.4, -0.2) is 9.97 Å². The molecule has 0 saturated carbocycles. The summed E-state index contributed by atoms with van der Waals surface area (Å²) in [4.78, 5) is 12.1. The van der Waals surface area contributed by atoms with Crippen molar-refractivity contribution < 1.29 is 0 Å². The fraction of sp³-hybridized carbons (Fsp3) is 0.0213. The Kier molecular flexibility index (Phi) is 8.53. The predicted octanol–water partition coefficient (Wildman–Crippen LogP) is 12.6. The molecular formula is C47H35N3. The van der Waals surface area contributed by atoms with Crippen molar-refractivity contribution in [1.82, 2.24) is 9.97 Å². The highest BCUT2D eigenvalue weighted by Gasteiger charge is 2.19. The molecule has 0 aliphatic heterocycles. The molecule has 238 valence electrons. The molecule has 0 saturated heterocycles. The Morgan fingerprint density at radius 2 is 0.900 bits per heavy atom. The fourth-order valence-electron chi connectivity index (χ4n) is 6.58. The first-order chi connectivity index (χ1) is 24.7. The van der Waals surface area contributed by atoms with Gasteiger partial charge in [-0.3, -0.25) is 9.97 Å². The van der Waals surface area contributed by atoms with E-state index in [1.807, 2.05) is 18.5 Å². The quantitative estimate of drug-likeness (QED) is 0.165. The lowest BCUT2D eigenvalue weighted by atomic mass is 9.98. The normalized spacial score (nSPS) is 10.9. The van der Waals surface area contributed by atoms with Crippen molar-refractivity contribution in [3.63, 3.8) is 0 Å². The molecule has 2 heterocycles. The lowest BCUT2D eigenvalue weighted by molar-refractivity contribution is 1.25. The average molecular weight is 642 g/mol. The number of benzene rings is 6. The van der Waals surface area contributed by atoms with Crippen LogP contribution < -0.4 is 4.90 Å². The molecule has 0 bridgehead atoms. The standard InChI is InChI=1S/C47H35N3/c1-34-33-49-46(32-44(34)37-19-9-4-10-20-37)40-22-14-24-42(30-40)50(47-26-12-11-25-43(47)36-17-7-3-8-18-36)41-23-13-21-39(29-41)45-31-38(27-28-48-45)35-15-5-2-6-16-35/h2-33H,1H3. The van der Waals surface area contributed by atoms with Crippen LogP contribution >= 0.6 is 0 Å². The highest BCUT2D eigenvalue weighted by Crippen LogP contribution is 2.43. The predicted molar refractivity (Wildman–Crippen MR) is 209 cm³/mol. The van der Waals surface area contributed by atoms with Gasteiger partial charge in [0.1, 0.15) is 0 Å². The summed E-state index contributed by atoms with van der Waals surface area (Å²) < 4.78 is 0. The third-order valence-corrected chi connectivity index (χ3v) is 9.09. The van der Waals surface area contributed by atoms with Crippen molar-refractivity contribution in [2.75, 3.05) is 4.90 Å². The Balaban J connectivity index is 1.27. The summed E-state index contributed by atoms with van der Waals surface area (Å²) >= 11 is 0. The maximum atomic E-state index is 4.91. The van der Waals surface area contributed by atoms with Gasteiger partial charge in [0.15, 0.2) is 0 Å². The Morgan fingerprint density at radius 1 is 0.380 bits per heavy atom. The van der Waals surface area contributed by atoms with Crippen LogP contribution in [-0.2, 0) is 0 Å². The van der Waals surface area contributed by atoms with E-state index in [0.717, 1.165) is 61.8 Å². The number of pyridine rings is 2. The molecule has 0 amide bonds. The minimum absolute atomic E-state index is 0.926. The van der Waals surface area contributed by atoms with Gasteiger partial charge < -0.3 is 4.90 Å². The van der Waals surface area contributed by atoms with E-state index in [-0.39, 0.29) is 0 Å². The molecule has 50 heavy (non-hydrogen) atoms. The SMILES string of the molecule is Cc1cnc(-c2cccc(N(c3cccc(-c4cc(-c5ccccc5)ccn4)c3)c3ccccc3-c3ccccc3)c2)cc1-c1ccccc1. The molecular weight excluding hydrogens is 607 g/mol. The Hall–Kier alpha value is -6.58. The summed E-state index contributed by atoms with van der Waals surface area (Å²) in [5, 5.41) is 0. The number of nitrogens with zero attached hydrogens (tertiary/aromatic N) is 3. The van der Waals surface area contributed by atoms with Crippen molar-refractivity contribution in [1.29, 1.82) is 0 Å². The Morgan fingerprint density at radius 3 is 1.54 bits per heavy atom.